The van der Waals surface area contributed by atoms with Crippen molar-refractivity contribution in [3.63, 3.8) is 0 Å². The van der Waals surface area contributed by atoms with E-state index in [0.29, 0.717) is 12.1 Å². The molecule has 2 unspecified atom stereocenters. The Morgan fingerprint density at radius 2 is 2.15 bits per heavy atom. The molecule has 0 amide bonds. The summed E-state index contributed by atoms with van der Waals surface area (Å²) in [7, 11) is 0. The van der Waals surface area contributed by atoms with Gasteiger partial charge in [0.15, 0.2) is 0 Å². The second-order valence-corrected chi connectivity index (χ2v) is 6.26. The van der Waals surface area contributed by atoms with Gasteiger partial charge in [0.25, 0.3) is 0 Å². The van der Waals surface area contributed by atoms with Crippen LogP contribution in [0.1, 0.15) is 35.3 Å². The monoisotopic (exact) mass is 287 g/mol. The molecule has 1 aliphatic rings. The highest BCUT2D eigenvalue weighted by Gasteiger charge is 2.29. The minimum Gasteiger partial charge on any atom is -0.314 e. The van der Waals surface area contributed by atoms with Gasteiger partial charge in [0.05, 0.1) is 6.04 Å². The van der Waals surface area contributed by atoms with E-state index in [4.69, 9.17) is 0 Å². The van der Waals surface area contributed by atoms with Gasteiger partial charge in [0, 0.05) is 36.8 Å². The van der Waals surface area contributed by atoms with Crippen molar-refractivity contribution in [2.75, 3.05) is 19.6 Å². The van der Waals surface area contributed by atoms with Gasteiger partial charge in [-0.15, -0.1) is 11.3 Å². The van der Waals surface area contributed by atoms with Crippen LogP contribution < -0.4 is 5.32 Å². The first-order chi connectivity index (χ1) is 9.75. The molecule has 1 aromatic carbocycles. The number of rotatable bonds is 3. The summed E-state index contributed by atoms with van der Waals surface area (Å²) in [5, 5.41) is 6.89. The van der Waals surface area contributed by atoms with Gasteiger partial charge in [-0.2, -0.15) is 0 Å². The van der Waals surface area contributed by atoms with Gasteiger partial charge in [-0.3, -0.25) is 4.90 Å². The number of thiazole rings is 1. The molecule has 1 aromatic heterocycles. The Bertz CT molecular complexity index is 552. The molecule has 106 valence electrons. The lowest BCUT2D eigenvalue weighted by molar-refractivity contribution is 0.115. The number of nitrogens with zero attached hydrogens (tertiary/aromatic N) is 2. The van der Waals surface area contributed by atoms with E-state index in [2.05, 4.69) is 64.8 Å². The molecule has 0 saturated carbocycles. The second-order valence-electron chi connectivity index (χ2n) is 5.37. The van der Waals surface area contributed by atoms with Crippen molar-refractivity contribution in [1.29, 1.82) is 0 Å². The molecule has 4 heteroatoms. The van der Waals surface area contributed by atoms with Crippen LogP contribution in [0, 0.1) is 6.92 Å². The fourth-order valence-corrected chi connectivity index (χ4v) is 3.75. The highest BCUT2D eigenvalue weighted by Crippen LogP contribution is 2.32. The minimum absolute atomic E-state index is 0.376. The topological polar surface area (TPSA) is 28.2 Å². The highest BCUT2D eigenvalue weighted by molar-refractivity contribution is 7.09. The molecule has 0 aliphatic carbocycles. The molecular weight excluding hydrogens is 266 g/mol. The second kappa shape index (κ2) is 6.04. The Hall–Kier alpha value is -1.23. The maximum atomic E-state index is 4.67. The average molecular weight is 287 g/mol. The highest BCUT2D eigenvalue weighted by atomic mass is 32.1. The van der Waals surface area contributed by atoms with E-state index in [9.17, 15) is 0 Å². The van der Waals surface area contributed by atoms with E-state index >= 15 is 0 Å². The molecule has 1 aliphatic heterocycles. The SMILES string of the molecule is Cc1csc(C(C)N2CCNCC2c2ccccc2)n1. The van der Waals surface area contributed by atoms with Crippen LogP contribution in [0.25, 0.3) is 0 Å². The van der Waals surface area contributed by atoms with Crippen LogP contribution in [0.4, 0.5) is 0 Å². The van der Waals surface area contributed by atoms with E-state index in [1.54, 1.807) is 11.3 Å². The lowest BCUT2D eigenvalue weighted by Crippen LogP contribution is -2.46. The van der Waals surface area contributed by atoms with Crippen molar-refractivity contribution in [3.8, 4) is 0 Å². The lowest BCUT2D eigenvalue weighted by Gasteiger charge is -2.39. The molecule has 0 radical (unpaired) electrons. The molecule has 3 nitrogen and oxygen atoms in total. The van der Waals surface area contributed by atoms with Gasteiger partial charge in [0.1, 0.15) is 5.01 Å². The Morgan fingerprint density at radius 3 is 2.85 bits per heavy atom. The predicted molar refractivity (Wildman–Crippen MR) is 84.0 cm³/mol. The third kappa shape index (κ3) is 2.77. The zero-order chi connectivity index (χ0) is 13.9. The summed E-state index contributed by atoms with van der Waals surface area (Å²) >= 11 is 1.78. The first-order valence-electron chi connectivity index (χ1n) is 7.19. The Labute approximate surface area is 124 Å². The first-order valence-corrected chi connectivity index (χ1v) is 8.07. The van der Waals surface area contributed by atoms with Gasteiger partial charge < -0.3 is 5.32 Å². The molecule has 0 bridgehead atoms. The van der Waals surface area contributed by atoms with Gasteiger partial charge >= 0.3 is 0 Å². The number of benzene rings is 1. The third-order valence-electron chi connectivity index (χ3n) is 3.96. The fraction of sp³-hybridized carbons (Fsp3) is 0.438. The van der Waals surface area contributed by atoms with Crippen molar-refractivity contribution in [3.05, 3.63) is 52.0 Å². The van der Waals surface area contributed by atoms with Crippen molar-refractivity contribution >= 4 is 11.3 Å². The van der Waals surface area contributed by atoms with Crippen LogP contribution in [0.3, 0.4) is 0 Å². The molecule has 3 rings (SSSR count). The van der Waals surface area contributed by atoms with Crippen LogP contribution in [0.2, 0.25) is 0 Å². The Kier molecular flexibility index (Phi) is 4.15. The summed E-state index contributed by atoms with van der Waals surface area (Å²) in [6, 6.07) is 11.6. The summed E-state index contributed by atoms with van der Waals surface area (Å²) in [5.41, 5.74) is 2.52. The Balaban J connectivity index is 1.85. The van der Waals surface area contributed by atoms with E-state index in [1.165, 1.54) is 10.6 Å². The van der Waals surface area contributed by atoms with E-state index in [-0.39, 0.29) is 0 Å². The molecule has 0 spiro atoms. The first kappa shape index (κ1) is 13.7. The van der Waals surface area contributed by atoms with Crippen LogP contribution >= 0.6 is 11.3 Å². The number of nitrogens with one attached hydrogen (secondary N) is 1. The van der Waals surface area contributed by atoms with Crippen LogP contribution in [-0.4, -0.2) is 29.5 Å². The van der Waals surface area contributed by atoms with Crippen molar-refractivity contribution in [2.24, 2.45) is 0 Å². The molecule has 20 heavy (non-hydrogen) atoms. The molecule has 2 aromatic rings. The maximum absolute atomic E-state index is 4.67. The Morgan fingerprint density at radius 1 is 1.35 bits per heavy atom. The van der Waals surface area contributed by atoms with Crippen LogP contribution in [-0.2, 0) is 0 Å². The smallest absolute Gasteiger partial charge is 0.110 e. The summed E-state index contributed by atoms with van der Waals surface area (Å²) < 4.78 is 0. The quantitative estimate of drug-likeness (QED) is 0.940. The average Bonchev–Trinajstić information content (AvgIpc) is 2.94. The number of aromatic nitrogens is 1. The van der Waals surface area contributed by atoms with E-state index < -0.39 is 0 Å². The zero-order valence-corrected chi connectivity index (χ0v) is 12.9. The molecule has 2 heterocycles. The number of aryl methyl sites for hydroxylation is 1. The lowest BCUT2D eigenvalue weighted by atomic mass is 10.0. The fourth-order valence-electron chi connectivity index (χ4n) is 2.87. The largest absolute Gasteiger partial charge is 0.314 e. The third-order valence-corrected chi connectivity index (χ3v) is 5.09. The summed E-state index contributed by atoms with van der Waals surface area (Å²) in [5.74, 6) is 0. The summed E-state index contributed by atoms with van der Waals surface area (Å²) in [6.07, 6.45) is 0. The van der Waals surface area contributed by atoms with Crippen molar-refractivity contribution in [1.82, 2.24) is 15.2 Å². The van der Waals surface area contributed by atoms with Gasteiger partial charge in [-0.05, 0) is 19.4 Å². The molecule has 1 N–H and O–H groups in total. The predicted octanol–water partition coefficient (Wildman–Crippen LogP) is 3.16. The summed E-state index contributed by atoms with van der Waals surface area (Å²) in [6.45, 7) is 7.48. The molecular formula is C16H21N3S. The normalized spacial score (nSPS) is 21.8. The number of hydrogen-bond donors (Lipinski definition) is 1. The van der Waals surface area contributed by atoms with E-state index in [0.717, 1.165) is 25.3 Å². The maximum Gasteiger partial charge on any atom is 0.110 e. The standard InChI is InChI=1S/C16H21N3S/c1-12-11-20-16(18-12)13(2)19-9-8-17-10-15(19)14-6-4-3-5-7-14/h3-7,11,13,15,17H,8-10H2,1-2H3. The van der Waals surface area contributed by atoms with Crippen molar-refractivity contribution in [2.45, 2.75) is 25.9 Å². The molecule has 1 saturated heterocycles. The molecule has 2 atom stereocenters. The van der Waals surface area contributed by atoms with Crippen molar-refractivity contribution < 1.29 is 0 Å². The summed E-state index contributed by atoms with van der Waals surface area (Å²) in [4.78, 5) is 7.24. The number of piperazine rings is 1. The zero-order valence-electron chi connectivity index (χ0n) is 12.0. The number of hydrogen-bond acceptors (Lipinski definition) is 4. The van der Waals surface area contributed by atoms with Crippen LogP contribution in [0.5, 0.6) is 0 Å². The van der Waals surface area contributed by atoms with Gasteiger partial charge in [-0.25, -0.2) is 4.98 Å². The van der Waals surface area contributed by atoms with E-state index in [1.807, 2.05) is 0 Å². The molecule has 1 fully saturated rings. The van der Waals surface area contributed by atoms with Crippen LogP contribution in [0.15, 0.2) is 35.7 Å². The minimum atomic E-state index is 0.376. The van der Waals surface area contributed by atoms with Gasteiger partial charge in [-0.1, -0.05) is 30.3 Å². The van der Waals surface area contributed by atoms with Gasteiger partial charge in [0.2, 0.25) is 0 Å².